The van der Waals surface area contributed by atoms with Crippen molar-refractivity contribution in [3.63, 3.8) is 0 Å². The topological polar surface area (TPSA) is 50.1 Å². The van der Waals surface area contributed by atoms with Crippen molar-refractivity contribution in [2.45, 2.75) is 11.7 Å². The Morgan fingerprint density at radius 3 is 2.30 bits per heavy atom. The summed E-state index contributed by atoms with van der Waals surface area (Å²) in [6.45, 7) is 0. The second kappa shape index (κ2) is 7.37. The molecule has 2 aromatic rings. The Balaban J connectivity index is 2.05. The number of hydrogen-bond acceptors (Lipinski definition) is 4. The van der Waals surface area contributed by atoms with Crippen LogP contribution >= 0.6 is 11.8 Å². The number of para-hydroxylation sites is 1. The van der Waals surface area contributed by atoms with Gasteiger partial charge in [0, 0.05) is 0 Å². The lowest BCUT2D eigenvalue weighted by atomic mass is 10.1. The molecule has 1 atom stereocenters. The molecule has 100 valence electrons. The Morgan fingerprint density at radius 1 is 1.10 bits per heavy atom. The van der Waals surface area contributed by atoms with Crippen molar-refractivity contribution in [3.8, 4) is 11.2 Å². The van der Waals surface area contributed by atoms with Gasteiger partial charge in [0.25, 0.3) is 0 Å². The fourth-order valence-corrected chi connectivity index (χ4v) is 2.28. The standard InChI is InChI=1S/C16H13NO2S/c17-12-20-15(11-13-7-3-1-4-8-13)16(18)19-14-9-5-2-6-10-14/h1-10,15H,11H2. The van der Waals surface area contributed by atoms with Gasteiger partial charge in [-0.1, -0.05) is 48.5 Å². The largest absolute Gasteiger partial charge is 0.426 e. The van der Waals surface area contributed by atoms with Gasteiger partial charge in [0.05, 0.1) is 0 Å². The van der Waals surface area contributed by atoms with Gasteiger partial charge >= 0.3 is 5.97 Å². The number of carbonyl (C=O) groups is 1. The van der Waals surface area contributed by atoms with Gasteiger partial charge in [0.2, 0.25) is 0 Å². The minimum absolute atomic E-state index is 0.397. The predicted octanol–water partition coefficient (Wildman–Crippen LogP) is 3.42. The van der Waals surface area contributed by atoms with Crippen LogP contribution in [0.3, 0.4) is 0 Å². The third-order valence-corrected chi connectivity index (χ3v) is 3.43. The van der Waals surface area contributed by atoms with Gasteiger partial charge < -0.3 is 4.74 Å². The van der Waals surface area contributed by atoms with Gasteiger partial charge in [-0.2, -0.15) is 5.26 Å². The van der Waals surface area contributed by atoms with E-state index in [0.29, 0.717) is 12.2 Å². The van der Waals surface area contributed by atoms with Crippen molar-refractivity contribution in [3.05, 3.63) is 66.2 Å². The molecule has 0 aliphatic rings. The highest BCUT2D eigenvalue weighted by Gasteiger charge is 2.22. The van der Waals surface area contributed by atoms with E-state index >= 15 is 0 Å². The van der Waals surface area contributed by atoms with Crippen LogP contribution in [0.2, 0.25) is 0 Å². The van der Waals surface area contributed by atoms with E-state index in [1.54, 1.807) is 24.3 Å². The smallest absolute Gasteiger partial charge is 0.325 e. The van der Waals surface area contributed by atoms with Crippen LogP contribution < -0.4 is 4.74 Å². The summed E-state index contributed by atoms with van der Waals surface area (Å²) in [6.07, 6.45) is 0.477. The molecule has 3 nitrogen and oxygen atoms in total. The fourth-order valence-electron chi connectivity index (χ4n) is 1.74. The van der Waals surface area contributed by atoms with E-state index in [1.807, 2.05) is 41.8 Å². The maximum Gasteiger partial charge on any atom is 0.325 e. The summed E-state index contributed by atoms with van der Waals surface area (Å²) in [6, 6.07) is 18.5. The quantitative estimate of drug-likeness (QED) is 0.479. The molecule has 20 heavy (non-hydrogen) atoms. The highest BCUT2D eigenvalue weighted by atomic mass is 32.2. The molecule has 0 N–H and O–H groups in total. The Kier molecular flexibility index (Phi) is 5.22. The first kappa shape index (κ1) is 14.2. The van der Waals surface area contributed by atoms with Crippen LogP contribution in [-0.2, 0) is 11.2 Å². The first-order valence-corrected chi connectivity index (χ1v) is 7.03. The van der Waals surface area contributed by atoms with E-state index in [1.165, 1.54) is 0 Å². The molecule has 0 amide bonds. The summed E-state index contributed by atoms with van der Waals surface area (Å²) in [5.74, 6) is 0.0979. The number of carbonyl (C=O) groups excluding carboxylic acids is 1. The first-order chi connectivity index (χ1) is 9.79. The Labute approximate surface area is 122 Å². The van der Waals surface area contributed by atoms with Gasteiger partial charge in [-0.05, 0) is 35.9 Å². The minimum atomic E-state index is -0.525. The number of nitriles is 1. The molecule has 1 unspecified atom stereocenters. The maximum absolute atomic E-state index is 12.1. The Hall–Kier alpha value is -2.25. The summed E-state index contributed by atoms with van der Waals surface area (Å²) in [7, 11) is 0. The molecule has 0 aliphatic heterocycles. The predicted molar refractivity (Wildman–Crippen MR) is 79.2 cm³/mol. The molecule has 0 heterocycles. The summed E-state index contributed by atoms with van der Waals surface area (Å²) in [5.41, 5.74) is 1.00. The molecule has 0 radical (unpaired) electrons. The third kappa shape index (κ3) is 4.15. The molecule has 0 fully saturated rings. The van der Waals surface area contributed by atoms with Gasteiger partial charge in [0.15, 0.2) is 0 Å². The second-order valence-electron chi connectivity index (χ2n) is 4.12. The Morgan fingerprint density at radius 2 is 1.70 bits per heavy atom. The average Bonchev–Trinajstić information content (AvgIpc) is 2.49. The number of hydrogen-bond donors (Lipinski definition) is 0. The average molecular weight is 283 g/mol. The van der Waals surface area contributed by atoms with Crippen molar-refractivity contribution in [2.75, 3.05) is 0 Å². The SMILES string of the molecule is N#CSC(Cc1ccccc1)C(=O)Oc1ccccc1. The molecule has 2 aromatic carbocycles. The van der Waals surface area contributed by atoms with E-state index in [9.17, 15) is 4.79 Å². The Bertz CT molecular complexity index is 593. The van der Waals surface area contributed by atoms with E-state index in [4.69, 9.17) is 10.00 Å². The molecule has 0 saturated heterocycles. The first-order valence-electron chi connectivity index (χ1n) is 6.15. The zero-order valence-electron chi connectivity index (χ0n) is 10.7. The summed E-state index contributed by atoms with van der Waals surface area (Å²) in [5, 5.41) is 10.3. The van der Waals surface area contributed by atoms with Crippen LogP contribution in [0.5, 0.6) is 5.75 Å². The zero-order valence-corrected chi connectivity index (χ0v) is 11.5. The third-order valence-electron chi connectivity index (χ3n) is 2.68. The monoisotopic (exact) mass is 283 g/mol. The second-order valence-corrected chi connectivity index (χ2v) is 5.11. The van der Waals surface area contributed by atoms with E-state index in [2.05, 4.69) is 0 Å². The molecule has 0 bridgehead atoms. The molecule has 0 spiro atoms. The summed E-state index contributed by atoms with van der Waals surface area (Å²) < 4.78 is 5.29. The van der Waals surface area contributed by atoms with Crippen LogP contribution in [-0.4, -0.2) is 11.2 Å². The van der Waals surface area contributed by atoms with Crippen LogP contribution in [0.25, 0.3) is 0 Å². The van der Waals surface area contributed by atoms with Gasteiger partial charge in [-0.15, -0.1) is 0 Å². The number of esters is 1. The van der Waals surface area contributed by atoms with Crippen molar-refractivity contribution in [1.29, 1.82) is 5.26 Å². The highest BCUT2D eigenvalue weighted by Crippen LogP contribution is 2.19. The lowest BCUT2D eigenvalue weighted by molar-refractivity contribution is -0.133. The molecule has 2 rings (SSSR count). The number of rotatable bonds is 5. The van der Waals surface area contributed by atoms with Crippen molar-refractivity contribution in [1.82, 2.24) is 0 Å². The fraction of sp³-hybridized carbons (Fsp3) is 0.125. The van der Waals surface area contributed by atoms with Crippen molar-refractivity contribution < 1.29 is 9.53 Å². The molecular weight excluding hydrogens is 270 g/mol. The lowest BCUT2D eigenvalue weighted by Crippen LogP contribution is -2.24. The van der Waals surface area contributed by atoms with Crippen LogP contribution in [0.15, 0.2) is 60.7 Å². The van der Waals surface area contributed by atoms with Gasteiger partial charge in [-0.3, -0.25) is 4.79 Å². The molecule has 0 saturated carbocycles. The lowest BCUT2D eigenvalue weighted by Gasteiger charge is -2.12. The molecule has 0 aromatic heterocycles. The number of ether oxygens (including phenoxy) is 1. The molecular formula is C16H13NO2S. The number of benzene rings is 2. The van der Waals surface area contributed by atoms with E-state index < -0.39 is 11.2 Å². The molecule has 0 aliphatic carbocycles. The van der Waals surface area contributed by atoms with Crippen LogP contribution in [0, 0.1) is 10.7 Å². The minimum Gasteiger partial charge on any atom is -0.426 e. The van der Waals surface area contributed by atoms with Gasteiger partial charge in [0.1, 0.15) is 16.4 Å². The van der Waals surface area contributed by atoms with Gasteiger partial charge in [-0.25, -0.2) is 0 Å². The van der Waals surface area contributed by atoms with Crippen LogP contribution in [0.4, 0.5) is 0 Å². The maximum atomic E-state index is 12.1. The van der Waals surface area contributed by atoms with Crippen LogP contribution in [0.1, 0.15) is 5.56 Å². The number of nitrogens with zero attached hydrogens (tertiary/aromatic N) is 1. The molecule has 4 heteroatoms. The van der Waals surface area contributed by atoms with Crippen molar-refractivity contribution in [2.24, 2.45) is 0 Å². The number of thioether (sulfide) groups is 1. The number of thiocyanates is 1. The zero-order chi connectivity index (χ0) is 14.2. The van der Waals surface area contributed by atoms with E-state index in [0.717, 1.165) is 17.3 Å². The van der Waals surface area contributed by atoms with E-state index in [-0.39, 0.29) is 0 Å². The van der Waals surface area contributed by atoms with Crippen molar-refractivity contribution >= 4 is 17.7 Å². The normalized spacial score (nSPS) is 11.3. The highest BCUT2D eigenvalue weighted by molar-refractivity contribution is 8.04. The summed E-state index contributed by atoms with van der Waals surface area (Å²) in [4.78, 5) is 12.1. The summed E-state index contributed by atoms with van der Waals surface area (Å²) >= 11 is 0.930.